The molecule has 1 aliphatic carbocycles. The first-order valence-corrected chi connectivity index (χ1v) is 18.1. The van der Waals surface area contributed by atoms with E-state index in [1.807, 2.05) is 62.4 Å². The number of hydroxylamine groups is 1. The molecule has 3 aliphatic rings. The lowest BCUT2D eigenvalue weighted by Crippen LogP contribution is -2.72. The van der Waals surface area contributed by atoms with E-state index < -0.39 is 29.9 Å². The van der Waals surface area contributed by atoms with Crippen molar-refractivity contribution in [3.05, 3.63) is 105 Å². The van der Waals surface area contributed by atoms with Gasteiger partial charge in [0.25, 0.3) is 5.91 Å². The number of fused-ring (bicyclic) bond motifs is 1. The Morgan fingerprint density at radius 2 is 1.78 bits per heavy atom. The summed E-state index contributed by atoms with van der Waals surface area (Å²) >= 11 is 1.05. The predicted octanol–water partition coefficient (Wildman–Crippen LogP) is 4.75. The number of allylic oxidation sites excluding steroid dienone is 9. The molecule has 2 aliphatic heterocycles. The van der Waals surface area contributed by atoms with Gasteiger partial charge in [0.15, 0.2) is 5.70 Å². The van der Waals surface area contributed by atoms with E-state index in [2.05, 4.69) is 49.0 Å². The average molecular weight is 717 g/mol. The molecule has 1 aromatic rings. The highest BCUT2D eigenvalue weighted by molar-refractivity contribution is 8.04. The maximum absolute atomic E-state index is 13.1. The van der Waals surface area contributed by atoms with Crippen LogP contribution in [0.3, 0.4) is 0 Å². The Kier molecular flexibility index (Phi) is 13.8. The van der Waals surface area contributed by atoms with Crippen molar-refractivity contribution < 1.29 is 33.5 Å². The first-order chi connectivity index (χ1) is 24.3. The second-order valence-corrected chi connectivity index (χ2v) is 14.5. The van der Waals surface area contributed by atoms with Crippen LogP contribution in [0.5, 0.6) is 0 Å². The Morgan fingerprint density at radius 3 is 2.49 bits per heavy atom. The lowest BCUT2D eigenvalue weighted by atomic mass is 9.72. The third kappa shape index (κ3) is 10.4. The molecule has 12 heteroatoms. The van der Waals surface area contributed by atoms with Crippen molar-refractivity contribution in [3.8, 4) is 0 Å². The van der Waals surface area contributed by atoms with Crippen molar-refractivity contribution in [3.63, 3.8) is 0 Å². The standard InChI is InChI=1S/C39H48N4O7S/c1-25(17-18-29-27(3)14-11-19-39(29,4)5)12-10-13-26(2)22-31(44)40-20-21-41-50-37(47)34-35(38(48)49-6)51-24-30-33(36(46)43(30)34)42-32(45)23-28-15-8-7-9-16-28/h7-10,12-13,15-18,22,30,33,41H,11,14,19-21,23-24H2,1-6H3,(H,40,44)(H,42,45)/b13-10+,18-17+,25-12+,26-22+/t30-,33+/m1/s1. The number of benzene rings is 1. The number of carbonyl (C=O) groups excluding carboxylic acids is 5. The molecule has 272 valence electrons. The lowest BCUT2D eigenvalue weighted by Gasteiger charge is -2.49. The summed E-state index contributed by atoms with van der Waals surface area (Å²) in [4.78, 5) is 70.1. The van der Waals surface area contributed by atoms with Gasteiger partial charge in [-0.25, -0.2) is 9.59 Å². The molecule has 51 heavy (non-hydrogen) atoms. The van der Waals surface area contributed by atoms with Crippen LogP contribution in [0.1, 0.15) is 59.4 Å². The summed E-state index contributed by atoms with van der Waals surface area (Å²) in [6, 6.07) is 7.73. The molecule has 3 N–H and O–H groups in total. The second-order valence-electron chi connectivity index (χ2n) is 13.5. The smallest absolute Gasteiger partial charge is 0.375 e. The number of ether oxygens (including phenoxy) is 1. The minimum Gasteiger partial charge on any atom is -0.465 e. The largest absolute Gasteiger partial charge is 0.465 e. The van der Waals surface area contributed by atoms with E-state index in [1.165, 1.54) is 42.1 Å². The van der Waals surface area contributed by atoms with Crippen LogP contribution in [0.2, 0.25) is 0 Å². The fourth-order valence-corrected chi connectivity index (χ4v) is 7.48. The van der Waals surface area contributed by atoms with Crippen molar-refractivity contribution in [2.24, 2.45) is 5.41 Å². The fraction of sp³-hybridized carbons (Fsp3) is 0.410. The monoisotopic (exact) mass is 716 g/mol. The molecule has 0 unspecified atom stereocenters. The molecular weight excluding hydrogens is 669 g/mol. The van der Waals surface area contributed by atoms with Gasteiger partial charge in [0.05, 0.1) is 19.6 Å². The molecule has 1 fully saturated rings. The fourth-order valence-electron chi connectivity index (χ4n) is 6.28. The van der Waals surface area contributed by atoms with Gasteiger partial charge in [-0.2, -0.15) is 5.48 Å². The number of hydrogen-bond donors (Lipinski definition) is 3. The van der Waals surface area contributed by atoms with Crippen molar-refractivity contribution in [2.75, 3.05) is 26.0 Å². The zero-order valence-corrected chi connectivity index (χ0v) is 31.0. The Labute approximate surface area is 304 Å². The Morgan fingerprint density at radius 1 is 1.04 bits per heavy atom. The molecule has 0 aromatic heterocycles. The summed E-state index contributed by atoms with van der Waals surface area (Å²) in [7, 11) is 1.18. The van der Waals surface area contributed by atoms with Gasteiger partial charge in [0, 0.05) is 24.9 Å². The van der Waals surface area contributed by atoms with Crippen LogP contribution >= 0.6 is 11.8 Å². The van der Waals surface area contributed by atoms with Crippen LogP contribution in [0, 0.1) is 5.41 Å². The molecule has 4 rings (SSSR count). The van der Waals surface area contributed by atoms with Gasteiger partial charge in [-0.15, -0.1) is 11.8 Å². The normalized spacial score (nSPS) is 20.7. The number of amides is 3. The van der Waals surface area contributed by atoms with Gasteiger partial charge in [-0.3, -0.25) is 19.3 Å². The zero-order chi connectivity index (χ0) is 37.1. The Bertz CT molecular complexity index is 1700. The van der Waals surface area contributed by atoms with Crippen molar-refractivity contribution in [1.82, 2.24) is 21.0 Å². The first-order valence-electron chi connectivity index (χ1n) is 17.1. The van der Waals surface area contributed by atoms with E-state index in [4.69, 9.17) is 9.57 Å². The van der Waals surface area contributed by atoms with E-state index in [-0.39, 0.29) is 53.1 Å². The number of nitrogens with zero attached hydrogens (tertiary/aromatic N) is 1. The number of hydrogen-bond acceptors (Lipinski definition) is 9. The summed E-state index contributed by atoms with van der Waals surface area (Å²) in [5.41, 5.74) is 7.94. The van der Waals surface area contributed by atoms with Gasteiger partial charge in [-0.1, -0.05) is 85.7 Å². The van der Waals surface area contributed by atoms with Crippen LogP contribution in [-0.2, 0) is 40.0 Å². The number of esters is 1. The predicted molar refractivity (Wildman–Crippen MR) is 197 cm³/mol. The van der Waals surface area contributed by atoms with E-state index in [0.29, 0.717) is 0 Å². The number of β-lactam (4-membered cyclic amide) rings is 1. The Hall–Kier alpha value is -4.68. The van der Waals surface area contributed by atoms with Crippen LogP contribution in [-0.4, -0.2) is 72.6 Å². The summed E-state index contributed by atoms with van der Waals surface area (Å²) in [5.74, 6) is -2.65. The lowest BCUT2D eigenvalue weighted by molar-refractivity contribution is -0.159. The molecule has 2 heterocycles. The highest BCUT2D eigenvalue weighted by Gasteiger charge is 2.55. The Balaban J connectivity index is 1.24. The van der Waals surface area contributed by atoms with E-state index in [0.717, 1.165) is 34.9 Å². The molecule has 0 bridgehead atoms. The summed E-state index contributed by atoms with van der Waals surface area (Å²) < 4.78 is 4.83. The van der Waals surface area contributed by atoms with Crippen LogP contribution in [0.15, 0.2) is 99.7 Å². The van der Waals surface area contributed by atoms with Gasteiger partial charge in [-0.05, 0) is 62.2 Å². The number of rotatable bonds is 14. The summed E-state index contributed by atoms with van der Waals surface area (Å²) in [6.45, 7) is 10.9. The maximum atomic E-state index is 13.1. The quantitative estimate of drug-likeness (QED) is 0.0621. The number of methoxy groups -OCH3 is 1. The van der Waals surface area contributed by atoms with Gasteiger partial charge < -0.3 is 20.2 Å². The molecule has 3 amide bonds. The van der Waals surface area contributed by atoms with Crippen LogP contribution in [0.4, 0.5) is 0 Å². The SMILES string of the molecule is COC(=O)C1=C(C(=O)ONCCNC(=O)/C=C(C)/C=C/C=C(C)/C=C/C2=C(C)CCCC2(C)C)N2C(=O)[C@@H](NC(=O)Cc3ccccc3)[C@H]2CS1. The average Bonchev–Trinajstić information content (AvgIpc) is 3.09. The molecule has 2 atom stereocenters. The highest BCUT2D eigenvalue weighted by atomic mass is 32.2. The highest BCUT2D eigenvalue weighted by Crippen LogP contribution is 2.41. The zero-order valence-electron chi connectivity index (χ0n) is 30.2. The third-order valence-corrected chi connectivity index (χ3v) is 10.1. The molecule has 0 saturated carbocycles. The van der Waals surface area contributed by atoms with Gasteiger partial charge >= 0.3 is 11.9 Å². The topological polar surface area (TPSA) is 143 Å². The van der Waals surface area contributed by atoms with E-state index in [1.54, 1.807) is 0 Å². The molecule has 0 radical (unpaired) electrons. The summed E-state index contributed by atoms with van der Waals surface area (Å²) in [5, 5.41) is 5.46. The number of nitrogens with one attached hydrogen (secondary N) is 3. The van der Waals surface area contributed by atoms with Crippen LogP contribution < -0.4 is 16.1 Å². The molecule has 1 aromatic carbocycles. The molecule has 0 spiro atoms. The second kappa shape index (κ2) is 18.0. The van der Waals surface area contributed by atoms with E-state index >= 15 is 0 Å². The first kappa shape index (κ1) is 39.1. The maximum Gasteiger partial charge on any atom is 0.375 e. The molecule has 1 saturated heterocycles. The van der Waals surface area contributed by atoms with Gasteiger partial charge in [0.2, 0.25) is 11.8 Å². The van der Waals surface area contributed by atoms with Gasteiger partial charge in [0.1, 0.15) is 10.9 Å². The summed E-state index contributed by atoms with van der Waals surface area (Å²) in [6.07, 6.45) is 15.3. The van der Waals surface area contributed by atoms with E-state index in [9.17, 15) is 24.0 Å². The molecular formula is C39H48N4O7S. The number of carbonyl (C=O) groups is 5. The third-order valence-electron chi connectivity index (χ3n) is 8.99. The molecule has 11 nitrogen and oxygen atoms in total. The minimum absolute atomic E-state index is 0.0602. The van der Waals surface area contributed by atoms with Crippen molar-refractivity contribution in [1.29, 1.82) is 0 Å². The van der Waals surface area contributed by atoms with Crippen LogP contribution in [0.25, 0.3) is 0 Å². The minimum atomic E-state index is -0.963. The number of thioether (sulfide) groups is 1. The van der Waals surface area contributed by atoms with Crippen molar-refractivity contribution >= 4 is 41.4 Å². The van der Waals surface area contributed by atoms with Crippen molar-refractivity contribution in [2.45, 2.75) is 72.4 Å².